The van der Waals surface area contributed by atoms with Crippen LogP contribution < -0.4 is 5.32 Å². The molecule has 0 fully saturated rings. The molecule has 2 aromatic carbocycles. The SMILES string of the molecule is CCCNC(=O)c1ccc(CN(CC)S(=O)(=O)c2ccc(C)cc2)cc1. The van der Waals surface area contributed by atoms with E-state index < -0.39 is 10.0 Å². The number of amides is 1. The topological polar surface area (TPSA) is 66.5 Å². The second kappa shape index (κ2) is 8.96. The van der Waals surface area contributed by atoms with Crippen molar-refractivity contribution in [1.29, 1.82) is 0 Å². The fraction of sp³-hybridized carbons (Fsp3) is 0.350. The second-order valence-corrected chi connectivity index (χ2v) is 8.14. The van der Waals surface area contributed by atoms with E-state index in [9.17, 15) is 13.2 Å². The molecule has 5 nitrogen and oxygen atoms in total. The minimum Gasteiger partial charge on any atom is -0.352 e. The van der Waals surface area contributed by atoms with Gasteiger partial charge >= 0.3 is 0 Å². The highest BCUT2D eigenvalue weighted by Gasteiger charge is 2.23. The van der Waals surface area contributed by atoms with Gasteiger partial charge in [0, 0.05) is 25.2 Å². The van der Waals surface area contributed by atoms with Crippen LogP contribution in [0.3, 0.4) is 0 Å². The largest absolute Gasteiger partial charge is 0.352 e. The molecule has 140 valence electrons. The Labute approximate surface area is 156 Å². The predicted molar refractivity (Wildman–Crippen MR) is 104 cm³/mol. The molecule has 2 rings (SSSR count). The molecule has 6 heteroatoms. The molecule has 0 aliphatic rings. The zero-order chi connectivity index (χ0) is 19.2. The van der Waals surface area contributed by atoms with Gasteiger partial charge < -0.3 is 5.32 Å². The van der Waals surface area contributed by atoms with E-state index in [4.69, 9.17) is 0 Å². The molecule has 0 aromatic heterocycles. The van der Waals surface area contributed by atoms with E-state index in [1.165, 1.54) is 4.31 Å². The predicted octanol–water partition coefficient (Wildman–Crippen LogP) is 3.35. The Morgan fingerprint density at radius 2 is 1.62 bits per heavy atom. The zero-order valence-electron chi connectivity index (χ0n) is 15.5. The summed E-state index contributed by atoms with van der Waals surface area (Å²) in [6, 6.07) is 13.9. The molecule has 0 unspecified atom stereocenters. The van der Waals surface area contributed by atoms with Crippen molar-refractivity contribution in [2.75, 3.05) is 13.1 Å². The summed E-state index contributed by atoms with van der Waals surface area (Å²) in [5.41, 5.74) is 2.44. The third-order valence-electron chi connectivity index (χ3n) is 4.12. The Hall–Kier alpha value is -2.18. The van der Waals surface area contributed by atoms with Crippen LogP contribution >= 0.6 is 0 Å². The molecule has 0 atom stereocenters. The molecule has 0 spiro atoms. The Morgan fingerprint density at radius 1 is 1.00 bits per heavy atom. The van der Waals surface area contributed by atoms with E-state index in [2.05, 4.69) is 5.32 Å². The van der Waals surface area contributed by atoms with E-state index in [-0.39, 0.29) is 12.5 Å². The summed E-state index contributed by atoms with van der Waals surface area (Å²) in [4.78, 5) is 12.2. The van der Waals surface area contributed by atoms with Crippen molar-refractivity contribution in [2.45, 2.75) is 38.6 Å². The number of carbonyl (C=O) groups excluding carboxylic acids is 1. The third kappa shape index (κ3) is 4.93. The highest BCUT2D eigenvalue weighted by atomic mass is 32.2. The van der Waals surface area contributed by atoms with Gasteiger partial charge in [0.25, 0.3) is 5.91 Å². The van der Waals surface area contributed by atoms with E-state index >= 15 is 0 Å². The number of nitrogens with one attached hydrogen (secondary N) is 1. The quantitative estimate of drug-likeness (QED) is 0.771. The van der Waals surface area contributed by atoms with Crippen molar-refractivity contribution in [3.63, 3.8) is 0 Å². The van der Waals surface area contributed by atoms with Crippen molar-refractivity contribution in [2.24, 2.45) is 0 Å². The first-order valence-corrected chi connectivity index (χ1v) is 10.3. The maximum Gasteiger partial charge on any atom is 0.251 e. The van der Waals surface area contributed by atoms with E-state index in [1.807, 2.05) is 20.8 Å². The van der Waals surface area contributed by atoms with Crippen LogP contribution in [0.5, 0.6) is 0 Å². The lowest BCUT2D eigenvalue weighted by Gasteiger charge is -2.21. The van der Waals surface area contributed by atoms with Gasteiger partial charge in [-0.05, 0) is 43.2 Å². The van der Waals surface area contributed by atoms with Gasteiger partial charge in [0.1, 0.15) is 0 Å². The van der Waals surface area contributed by atoms with Crippen molar-refractivity contribution < 1.29 is 13.2 Å². The number of hydrogen-bond donors (Lipinski definition) is 1. The molecule has 0 aliphatic carbocycles. The summed E-state index contributed by atoms with van der Waals surface area (Å²) in [5, 5.41) is 2.83. The Bertz CT molecular complexity index is 828. The molecule has 0 heterocycles. The molecule has 26 heavy (non-hydrogen) atoms. The normalized spacial score (nSPS) is 11.5. The first kappa shape index (κ1) is 20.1. The molecular formula is C20H26N2O3S. The van der Waals surface area contributed by atoms with E-state index in [1.54, 1.807) is 48.5 Å². The Morgan fingerprint density at radius 3 is 2.15 bits per heavy atom. The summed E-state index contributed by atoms with van der Waals surface area (Å²) >= 11 is 0. The minimum absolute atomic E-state index is 0.113. The summed E-state index contributed by atoms with van der Waals surface area (Å²) in [7, 11) is -3.55. The van der Waals surface area contributed by atoms with Crippen LogP contribution in [0.25, 0.3) is 0 Å². The van der Waals surface area contributed by atoms with Gasteiger partial charge in [-0.2, -0.15) is 4.31 Å². The molecule has 0 radical (unpaired) electrons. The van der Waals surface area contributed by atoms with Crippen LogP contribution in [-0.2, 0) is 16.6 Å². The van der Waals surface area contributed by atoms with Crippen molar-refractivity contribution in [1.82, 2.24) is 9.62 Å². The van der Waals surface area contributed by atoms with Crippen LogP contribution in [0.2, 0.25) is 0 Å². The zero-order valence-corrected chi connectivity index (χ0v) is 16.3. The summed E-state index contributed by atoms with van der Waals surface area (Å²) in [6.45, 7) is 7.01. The first-order chi connectivity index (χ1) is 12.4. The number of carbonyl (C=O) groups is 1. The van der Waals surface area contributed by atoms with Crippen molar-refractivity contribution >= 4 is 15.9 Å². The summed E-state index contributed by atoms with van der Waals surface area (Å²) in [5.74, 6) is -0.113. The summed E-state index contributed by atoms with van der Waals surface area (Å²) in [6.07, 6.45) is 0.881. The third-order valence-corrected chi connectivity index (χ3v) is 6.06. The molecule has 0 saturated carbocycles. The fourth-order valence-electron chi connectivity index (χ4n) is 2.53. The molecule has 0 bridgehead atoms. The summed E-state index contributed by atoms with van der Waals surface area (Å²) < 4.78 is 27.1. The molecule has 0 aliphatic heterocycles. The van der Waals surface area contributed by atoms with Crippen LogP contribution in [0.15, 0.2) is 53.4 Å². The number of aryl methyl sites for hydroxylation is 1. The fourth-order valence-corrected chi connectivity index (χ4v) is 3.97. The maximum absolute atomic E-state index is 12.8. The van der Waals surface area contributed by atoms with Crippen molar-refractivity contribution in [3.8, 4) is 0 Å². The van der Waals surface area contributed by atoms with Gasteiger partial charge in [0.2, 0.25) is 10.0 Å². The molecule has 1 N–H and O–H groups in total. The van der Waals surface area contributed by atoms with E-state index in [0.29, 0.717) is 23.5 Å². The van der Waals surface area contributed by atoms with Crippen LogP contribution in [0.4, 0.5) is 0 Å². The maximum atomic E-state index is 12.8. The van der Waals surface area contributed by atoms with Crippen LogP contribution in [0, 0.1) is 6.92 Å². The average molecular weight is 375 g/mol. The number of benzene rings is 2. The minimum atomic E-state index is -3.55. The van der Waals surface area contributed by atoms with Gasteiger partial charge in [0.15, 0.2) is 0 Å². The smallest absolute Gasteiger partial charge is 0.251 e. The number of nitrogens with zero attached hydrogens (tertiary/aromatic N) is 1. The molecule has 0 saturated heterocycles. The number of rotatable bonds is 8. The van der Waals surface area contributed by atoms with Gasteiger partial charge in [-0.15, -0.1) is 0 Å². The lowest BCUT2D eigenvalue weighted by atomic mass is 10.1. The van der Waals surface area contributed by atoms with Gasteiger partial charge in [-0.25, -0.2) is 8.42 Å². The molecular weight excluding hydrogens is 348 g/mol. The Kier molecular flexibility index (Phi) is 6.94. The van der Waals surface area contributed by atoms with E-state index in [0.717, 1.165) is 17.5 Å². The standard InChI is InChI=1S/C20H26N2O3S/c1-4-14-21-20(23)18-10-8-17(9-11-18)15-22(5-2)26(24,25)19-12-6-16(3)7-13-19/h6-13H,4-5,14-15H2,1-3H3,(H,21,23). The number of sulfonamides is 1. The number of hydrogen-bond acceptors (Lipinski definition) is 3. The lowest BCUT2D eigenvalue weighted by Crippen LogP contribution is -2.30. The van der Waals surface area contributed by atoms with Gasteiger partial charge in [-0.1, -0.05) is 43.7 Å². The highest BCUT2D eigenvalue weighted by Crippen LogP contribution is 2.19. The Balaban J connectivity index is 2.14. The van der Waals surface area contributed by atoms with Crippen LogP contribution in [-0.4, -0.2) is 31.7 Å². The van der Waals surface area contributed by atoms with Crippen LogP contribution in [0.1, 0.15) is 41.8 Å². The first-order valence-electron chi connectivity index (χ1n) is 8.82. The van der Waals surface area contributed by atoms with Crippen molar-refractivity contribution in [3.05, 3.63) is 65.2 Å². The molecule has 2 aromatic rings. The average Bonchev–Trinajstić information content (AvgIpc) is 2.64. The van der Waals surface area contributed by atoms with Gasteiger partial charge in [0.05, 0.1) is 4.90 Å². The molecule has 1 amide bonds. The highest BCUT2D eigenvalue weighted by molar-refractivity contribution is 7.89. The lowest BCUT2D eigenvalue weighted by molar-refractivity contribution is 0.0953. The monoisotopic (exact) mass is 374 g/mol. The second-order valence-electron chi connectivity index (χ2n) is 6.20. The van der Waals surface area contributed by atoms with Gasteiger partial charge in [-0.3, -0.25) is 4.79 Å².